The average Bonchev–Trinajstić information content (AvgIpc) is 3.45. The molecule has 0 radical (unpaired) electrons. The van der Waals surface area contributed by atoms with Gasteiger partial charge >= 0.3 is 6.09 Å². The number of rotatable bonds is 10. The van der Waals surface area contributed by atoms with Crippen LogP contribution < -0.4 is 11.1 Å². The molecule has 12 nitrogen and oxygen atoms in total. The summed E-state index contributed by atoms with van der Waals surface area (Å²) < 4.78 is 18.9. The van der Waals surface area contributed by atoms with E-state index in [4.69, 9.17) is 19.9 Å². The highest BCUT2D eigenvalue weighted by Gasteiger charge is 2.29. The second-order valence-corrected chi connectivity index (χ2v) is 10.6. The summed E-state index contributed by atoms with van der Waals surface area (Å²) in [4.78, 5) is 31.5. The number of fused-ring (bicyclic) bond motifs is 1. The molecule has 42 heavy (non-hydrogen) atoms. The number of morpholine rings is 1. The third-order valence-electron chi connectivity index (χ3n) is 6.88. The van der Waals surface area contributed by atoms with Gasteiger partial charge in [0.05, 0.1) is 37.7 Å². The molecule has 3 N–H and O–H groups in total. The first-order valence-electron chi connectivity index (χ1n) is 13.8. The number of nitrogens with one attached hydrogen (secondary N) is 1. The summed E-state index contributed by atoms with van der Waals surface area (Å²) >= 11 is 0. The second-order valence-electron chi connectivity index (χ2n) is 10.6. The molecule has 4 heterocycles. The Morgan fingerprint density at radius 3 is 2.62 bits per heavy atom. The molecule has 1 saturated heterocycles. The van der Waals surface area contributed by atoms with Crippen molar-refractivity contribution in [1.82, 2.24) is 29.8 Å². The van der Waals surface area contributed by atoms with E-state index in [0.717, 1.165) is 16.7 Å². The minimum atomic E-state index is -1.14. The molecular weight excluding hydrogens is 538 g/mol. The number of aromatic nitrogens is 4. The summed E-state index contributed by atoms with van der Waals surface area (Å²) in [6.07, 6.45) is 3.12. The van der Waals surface area contributed by atoms with E-state index in [-0.39, 0.29) is 25.7 Å². The zero-order valence-electron chi connectivity index (χ0n) is 23.7. The molecule has 0 saturated carbocycles. The maximum Gasteiger partial charge on any atom is 0.410 e. The molecule has 0 bridgehead atoms. The number of nitrogens with zero attached hydrogens (tertiary/aromatic N) is 5. The van der Waals surface area contributed by atoms with Crippen LogP contribution >= 0.6 is 0 Å². The lowest BCUT2D eigenvalue weighted by atomic mass is 10.0. The Balaban J connectivity index is 1.37. The fraction of sp³-hybridized carbons (Fsp3) is 0.367. The molecule has 220 valence electrons. The molecule has 1 aromatic carbocycles. The second kappa shape index (κ2) is 13.1. The largest absolute Gasteiger partial charge is 0.443 e. The molecule has 1 atom stereocenters. The monoisotopic (exact) mass is 573 g/mol. The number of ether oxygens (including phenoxy) is 3. The van der Waals surface area contributed by atoms with Gasteiger partial charge in [0.15, 0.2) is 11.5 Å². The van der Waals surface area contributed by atoms with Crippen molar-refractivity contribution in [2.24, 2.45) is 5.73 Å². The van der Waals surface area contributed by atoms with Crippen LogP contribution in [0.5, 0.6) is 0 Å². The predicted octanol–water partition coefficient (Wildman–Crippen LogP) is 2.87. The van der Waals surface area contributed by atoms with Crippen LogP contribution in [0.2, 0.25) is 0 Å². The van der Waals surface area contributed by atoms with Crippen LogP contribution in [-0.2, 0) is 32.2 Å². The third kappa shape index (κ3) is 6.90. The van der Waals surface area contributed by atoms with Gasteiger partial charge in [-0.2, -0.15) is 0 Å². The predicted molar refractivity (Wildman–Crippen MR) is 154 cm³/mol. The Bertz CT molecular complexity index is 1510. The Kier molecular flexibility index (Phi) is 9.06. The van der Waals surface area contributed by atoms with Crippen LogP contribution in [0.15, 0.2) is 67.0 Å². The van der Waals surface area contributed by atoms with Crippen LogP contribution in [0, 0.1) is 0 Å². The number of nitrogens with two attached hydrogens (primary N) is 1. The number of benzene rings is 1. The third-order valence-corrected chi connectivity index (χ3v) is 6.88. The minimum Gasteiger partial charge on any atom is -0.443 e. The number of hydrogen-bond acceptors (Lipinski definition) is 9. The molecule has 12 heteroatoms. The lowest BCUT2D eigenvalue weighted by Crippen LogP contribution is -2.51. The van der Waals surface area contributed by atoms with E-state index in [9.17, 15) is 9.59 Å². The fourth-order valence-electron chi connectivity index (χ4n) is 4.60. The Morgan fingerprint density at radius 2 is 1.86 bits per heavy atom. The standard InChI is InChI=1S/C30H35N7O5/c1-30(2,31)28(38)33-25(20-41-18-22-7-3-4-10-24(22)21-8-6-12-32-17-21)27-35-34-26-11-5-9-23(37(26)27)19-42-29(39)36-13-15-40-16-14-36/h3-12,17,25H,13-16,18-20,31H2,1-2H3,(H,33,38)/t25-/m1/s1. The van der Waals surface area contributed by atoms with Crippen LogP contribution in [0.3, 0.4) is 0 Å². The zero-order valence-corrected chi connectivity index (χ0v) is 23.7. The van der Waals surface area contributed by atoms with Crippen molar-refractivity contribution in [1.29, 1.82) is 0 Å². The van der Waals surface area contributed by atoms with Gasteiger partial charge in [-0.3, -0.25) is 14.2 Å². The van der Waals surface area contributed by atoms with Gasteiger partial charge in [-0.05, 0) is 43.2 Å². The van der Waals surface area contributed by atoms with Crippen molar-refractivity contribution in [3.63, 3.8) is 0 Å². The molecule has 1 aliphatic heterocycles. The highest BCUT2D eigenvalue weighted by Crippen LogP contribution is 2.24. The van der Waals surface area contributed by atoms with Gasteiger partial charge in [0.1, 0.15) is 12.6 Å². The maximum absolute atomic E-state index is 13.0. The summed E-state index contributed by atoms with van der Waals surface area (Å²) in [6, 6.07) is 16.5. The summed E-state index contributed by atoms with van der Waals surface area (Å²) in [5, 5.41) is 11.7. The molecule has 0 spiro atoms. The topological polar surface area (TPSA) is 146 Å². The van der Waals surface area contributed by atoms with Gasteiger partial charge in [-0.15, -0.1) is 10.2 Å². The molecule has 0 unspecified atom stereocenters. The van der Waals surface area contributed by atoms with Crippen molar-refractivity contribution in [2.45, 2.75) is 38.6 Å². The van der Waals surface area contributed by atoms with Crippen LogP contribution in [-0.4, -0.2) is 74.9 Å². The lowest BCUT2D eigenvalue weighted by molar-refractivity contribution is -0.126. The lowest BCUT2D eigenvalue weighted by Gasteiger charge is -2.26. The number of pyridine rings is 2. The molecule has 5 rings (SSSR count). The molecular formula is C30H35N7O5. The Hall–Kier alpha value is -4.39. The minimum absolute atomic E-state index is 0.0129. The van der Waals surface area contributed by atoms with Crippen molar-refractivity contribution >= 4 is 17.6 Å². The van der Waals surface area contributed by atoms with Gasteiger partial charge in [0.25, 0.3) is 0 Å². The van der Waals surface area contributed by atoms with E-state index < -0.39 is 17.7 Å². The highest BCUT2D eigenvalue weighted by molar-refractivity contribution is 5.85. The molecule has 1 aliphatic rings. The van der Waals surface area contributed by atoms with E-state index in [1.165, 1.54) is 0 Å². The van der Waals surface area contributed by atoms with E-state index >= 15 is 0 Å². The quantitative estimate of drug-likeness (QED) is 0.292. The number of amides is 2. The molecule has 0 aliphatic carbocycles. The molecule has 3 aromatic heterocycles. The Labute approximate surface area is 243 Å². The average molecular weight is 574 g/mol. The summed E-state index contributed by atoms with van der Waals surface area (Å²) in [7, 11) is 0. The molecule has 2 amide bonds. The van der Waals surface area contributed by atoms with E-state index in [1.54, 1.807) is 41.6 Å². The SMILES string of the molecule is CC(C)(N)C(=O)N[C@H](COCc1ccccc1-c1cccnc1)c1nnc2cccc(COC(=O)N3CCOCC3)n12. The van der Waals surface area contributed by atoms with Gasteiger partial charge in [-0.1, -0.05) is 36.4 Å². The van der Waals surface area contributed by atoms with E-state index in [0.29, 0.717) is 43.5 Å². The zero-order chi connectivity index (χ0) is 29.5. The van der Waals surface area contributed by atoms with Crippen LogP contribution in [0.25, 0.3) is 16.8 Å². The van der Waals surface area contributed by atoms with Crippen molar-refractivity contribution in [3.8, 4) is 11.1 Å². The van der Waals surface area contributed by atoms with Crippen LogP contribution in [0.4, 0.5) is 4.79 Å². The van der Waals surface area contributed by atoms with Gasteiger partial charge < -0.3 is 30.2 Å². The van der Waals surface area contributed by atoms with Gasteiger partial charge in [0.2, 0.25) is 5.91 Å². The summed E-state index contributed by atoms with van der Waals surface area (Å²) in [5.74, 6) is 0.0565. The fourth-order valence-corrected chi connectivity index (χ4v) is 4.60. The normalized spacial score (nSPS) is 14.5. The summed E-state index contributed by atoms with van der Waals surface area (Å²) in [6.45, 7) is 5.52. The Morgan fingerprint density at radius 1 is 1.05 bits per heavy atom. The molecule has 1 fully saturated rings. The van der Waals surface area contributed by atoms with Crippen LogP contribution in [0.1, 0.15) is 37.0 Å². The van der Waals surface area contributed by atoms with Gasteiger partial charge in [0, 0.05) is 31.0 Å². The smallest absolute Gasteiger partial charge is 0.410 e. The maximum atomic E-state index is 13.0. The van der Waals surface area contributed by atoms with Gasteiger partial charge in [-0.25, -0.2) is 4.79 Å². The highest BCUT2D eigenvalue weighted by atomic mass is 16.6. The number of hydrogen-bond donors (Lipinski definition) is 2. The first kappa shape index (κ1) is 29.1. The van der Waals surface area contributed by atoms with Crippen molar-refractivity contribution in [2.75, 3.05) is 32.9 Å². The van der Waals surface area contributed by atoms with Crippen molar-refractivity contribution in [3.05, 3.63) is 84.1 Å². The number of carbonyl (C=O) groups excluding carboxylic acids is 2. The number of carbonyl (C=O) groups is 2. The molecule has 4 aromatic rings. The van der Waals surface area contributed by atoms with Crippen molar-refractivity contribution < 1.29 is 23.8 Å². The van der Waals surface area contributed by atoms with E-state index in [1.807, 2.05) is 48.5 Å². The van der Waals surface area contributed by atoms with E-state index in [2.05, 4.69) is 20.5 Å². The first-order valence-corrected chi connectivity index (χ1v) is 13.8. The first-order chi connectivity index (χ1) is 20.3. The summed E-state index contributed by atoms with van der Waals surface area (Å²) in [5.41, 5.74) is 9.10.